The van der Waals surface area contributed by atoms with Gasteiger partial charge in [-0.3, -0.25) is 9.89 Å². The predicted octanol–water partition coefficient (Wildman–Crippen LogP) is 3.97. The third-order valence-electron chi connectivity index (χ3n) is 5.37. The molecule has 0 N–H and O–H groups in total. The van der Waals surface area contributed by atoms with E-state index in [4.69, 9.17) is 5.26 Å². The first-order chi connectivity index (χ1) is 10.6. The summed E-state index contributed by atoms with van der Waals surface area (Å²) < 4.78 is 0. The molecule has 0 amide bonds. The summed E-state index contributed by atoms with van der Waals surface area (Å²) in [6, 6.07) is 0. The van der Waals surface area contributed by atoms with E-state index in [9.17, 15) is 0 Å². The Morgan fingerprint density at radius 1 is 1.32 bits per heavy atom. The van der Waals surface area contributed by atoms with Crippen molar-refractivity contribution in [2.24, 2.45) is 10.4 Å². The Hall–Kier alpha value is -1.34. The van der Waals surface area contributed by atoms with Gasteiger partial charge in [0.05, 0.1) is 0 Å². The van der Waals surface area contributed by atoms with Crippen LogP contribution in [0.5, 0.6) is 0 Å². The molecule has 0 saturated carbocycles. The number of likely N-dealkylation sites (tertiary alicyclic amines) is 1. The van der Waals surface area contributed by atoms with Crippen molar-refractivity contribution >= 4 is 12.9 Å². The molecule has 0 radical (unpaired) electrons. The molecule has 4 heteroatoms. The van der Waals surface area contributed by atoms with Crippen LogP contribution in [0.1, 0.15) is 39.5 Å². The van der Waals surface area contributed by atoms with Crippen molar-refractivity contribution < 1.29 is 0 Å². The summed E-state index contributed by atoms with van der Waals surface area (Å²) in [5, 5.41) is 9.05. The largest absolute Gasteiger partial charge is 0.299 e. The molecule has 0 aliphatic carbocycles. The standard InChI is InChI=1S/C18H28BN3/c1-4-17(13-21-16(2)3)14-22-11-7-18(8-12-22)5-9-19(15-20)10-6-18/h4,13H,2,5-12,14H2,1,3H3/b17-4+,21-13-. The lowest BCUT2D eigenvalue weighted by molar-refractivity contribution is 0.0984. The van der Waals surface area contributed by atoms with Crippen LogP contribution in [0.2, 0.25) is 12.6 Å². The van der Waals surface area contributed by atoms with Gasteiger partial charge in [-0.2, -0.15) is 0 Å². The van der Waals surface area contributed by atoms with Crippen LogP contribution in [0.15, 0.2) is 28.9 Å². The van der Waals surface area contributed by atoms with Gasteiger partial charge >= 0.3 is 0 Å². The monoisotopic (exact) mass is 297 g/mol. The summed E-state index contributed by atoms with van der Waals surface area (Å²) in [6.07, 6.45) is 11.4. The molecule has 0 atom stereocenters. The van der Waals surface area contributed by atoms with E-state index in [0.29, 0.717) is 12.1 Å². The maximum atomic E-state index is 9.05. The van der Waals surface area contributed by atoms with Crippen molar-refractivity contribution in [2.45, 2.75) is 52.2 Å². The minimum Gasteiger partial charge on any atom is -0.299 e. The minimum atomic E-state index is 0.316. The Morgan fingerprint density at radius 2 is 1.95 bits per heavy atom. The summed E-state index contributed by atoms with van der Waals surface area (Å²) in [6.45, 7) is 11.5. The van der Waals surface area contributed by atoms with Gasteiger partial charge in [0.25, 0.3) is 6.71 Å². The zero-order valence-electron chi connectivity index (χ0n) is 14.1. The van der Waals surface area contributed by atoms with Crippen LogP contribution < -0.4 is 0 Å². The molecule has 0 unspecified atom stereocenters. The summed E-state index contributed by atoms with van der Waals surface area (Å²) >= 11 is 0. The number of rotatable bonds is 4. The number of hydrogen-bond acceptors (Lipinski definition) is 3. The lowest BCUT2D eigenvalue weighted by Gasteiger charge is -2.44. The number of hydrogen-bond donors (Lipinski definition) is 0. The molecule has 2 heterocycles. The van der Waals surface area contributed by atoms with E-state index in [1.165, 1.54) is 44.3 Å². The number of aliphatic imine (C=N–C) groups is 1. The van der Waals surface area contributed by atoms with Crippen molar-refractivity contribution in [2.75, 3.05) is 19.6 Å². The van der Waals surface area contributed by atoms with E-state index in [1.54, 1.807) is 0 Å². The first-order valence-electron chi connectivity index (χ1n) is 8.54. The molecule has 22 heavy (non-hydrogen) atoms. The maximum absolute atomic E-state index is 9.05. The van der Waals surface area contributed by atoms with Crippen molar-refractivity contribution in [3.05, 3.63) is 23.9 Å². The Balaban J connectivity index is 1.82. The SMILES string of the molecule is C=C(C)/N=C\C(=C/C)CN1CCC2(CCB(C#N)CC2)CC1. The molecule has 0 aromatic carbocycles. The van der Waals surface area contributed by atoms with Crippen LogP contribution >= 0.6 is 0 Å². The second kappa shape index (κ2) is 7.79. The lowest BCUT2D eigenvalue weighted by Crippen LogP contribution is -2.43. The van der Waals surface area contributed by atoms with E-state index in [1.807, 2.05) is 13.1 Å². The number of nitrogens with zero attached hydrogens (tertiary/aromatic N) is 3. The van der Waals surface area contributed by atoms with Crippen molar-refractivity contribution in [3.63, 3.8) is 0 Å². The van der Waals surface area contributed by atoms with Gasteiger partial charge in [-0.1, -0.05) is 38.1 Å². The normalized spacial score (nSPS) is 23.0. The highest BCUT2D eigenvalue weighted by Crippen LogP contribution is 2.44. The highest BCUT2D eigenvalue weighted by Gasteiger charge is 2.39. The quantitative estimate of drug-likeness (QED) is 0.582. The first kappa shape index (κ1) is 17.0. The summed E-state index contributed by atoms with van der Waals surface area (Å²) in [5.41, 5.74) is 2.66. The first-order valence-corrected chi connectivity index (χ1v) is 8.54. The topological polar surface area (TPSA) is 39.4 Å². The summed E-state index contributed by atoms with van der Waals surface area (Å²) in [7, 11) is 0. The van der Waals surface area contributed by atoms with Crippen LogP contribution in [0, 0.1) is 16.6 Å². The summed E-state index contributed by atoms with van der Waals surface area (Å²) in [4.78, 5) is 6.86. The molecule has 0 aromatic rings. The van der Waals surface area contributed by atoms with Crippen molar-refractivity contribution in [3.8, 4) is 5.97 Å². The molecule has 118 valence electrons. The van der Waals surface area contributed by atoms with Gasteiger partial charge in [0.2, 0.25) is 0 Å². The average Bonchev–Trinajstić information content (AvgIpc) is 2.54. The van der Waals surface area contributed by atoms with Gasteiger partial charge in [-0.05, 0) is 50.8 Å². The highest BCUT2D eigenvalue weighted by molar-refractivity contribution is 6.67. The molecule has 0 aromatic heterocycles. The Bertz CT molecular complexity index is 483. The van der Waals surface area contributed by atoms with Gasteiger partial charge in [0.15, 0.2) is 0 Å². The fourth-order valence-electron chi connectivity index (χ4n) is 3.70. The summed E-state index contributed by atoms with van der Waals surface area (Å²) in [5.74, 6) is 2.45. The zero-order valence-corrected chi connectivity index (χ0v) is 14.1. The molecule has 2 rings (SSSR count). The smallest absolute Gasteiger partial charge is 0.267 e. The molecular weight excluding hydrogens is 269 g/mol. The van der Waals surface area contributed by atoms with Gasteiger partial charge < -0.3 is 0 Å². The van der Waals surface area contributed by atoms with Gasteiger partial charge in [0.1, 0.15) is 0 Å². The van der Waals surface area contributed by atoms with Crippen LogP contribution in [0.3, 0.4) is 0 Å². The van der Waals surface area contributed by atoms with Crippen molar-refractivity contribution in [1.29, 1.82) is 5.26 Å². The Kier molecular flexibility index (Phi) is 6.02. The Morgan fingerprint density at radius 3 is 2.45 bits per heavy atom. The number of nitriles is 1. The van der Waals surface area contributed by atoms with E-state index in [2.05, 4.69) is 35.4 Å². The van der Waals surface area contributed by atoms with Crippen LogP contribution in [-0.4, -0.2) is 37.5 Å². The molecule has 2 aliphatic heterocycles. The molecule has 2 saturated heterocycles. The van der Waals surface area contributed by atoms with Crippen LogP contribution in [0.4, 0.5) is 0 Å². The molecule has 2 fully saturated rings. The van der Waals surface area contributed by atoms with E-state index >= 15 is 0 Å². The fourth-order valence-corrected chi connectivity index (χ4v) is 3.70. The van der Waals surface area contributed by atoms with Gasteiger partial charge in [-0.25, -0.2) is 5.26 Å². The van der Waals surface area contributed by atoms with E-state index in [0.717, 1.165) is 24.9 Å². The Labute approximate surface area is 135 Å². The molecule has 3 nitrogen and oxygen atoms in total. The minimum absolute atomic E-state index is 0.316. The average molecular weight is 297 g/mol. The van der Waals surface area contributed by atoms with Gasteiger partial charge in [0, 0.05) is 24.4 Å². The number of piperidine rings is 1. The van der Waals surface area contributed by atoms with E-state index < -0.39 is 0 Å². The highest BCUT2D eigenvalue weighted by atomic mass is 15.1. The van der Waals surface area contributed by atoms with Gasteiger partial charge in [-0.15, -0.1) is 0 Å². The zero-order chi connectivity index (χ0) is 16.0. The second-order valence-corrected chi connectivity index (χ2v) is 7.04. The predicted molar refractivity (Wildman–Crippen MR) is 95.4 cm³/mol. The molecule has 2 aliphatic rings. The number of allylic oxidation sites excluding steroid dienone is 2. The molecular formula is C18H28BN3. The second-order valence-electron chi connectivity index (χ2n) is 7.04. The molecule has 0 bridgehead atoms. The fraction of sp³-hybridized carbons (Fsp3) is 0.667. The third kappa shape index (κ3) is 4.58. The molecule has 1 spiro atoms. The van der Waals surface area contributed by atoms with Crippen LogP contribution in [0.25, 0.3) is 0 Å². The van der Waals surface area contributed by atoms with E-state index in [-0.39, 0.29) is 0 Å². The maximum Gasteiger partial charge on any atom is 0.267 e. The lowest BCUT2D eigenvalue weighted by atomic mass is 9.39. The van der Waals surface area contributed by atoms with Crippen LogP contribution in [-0.2, 0) is 0 Å². The van der Waals surface area contributed by atoms with Crippen molar-refractivity contribution in [1.82, 2.24) is 4.90 Å². The third-order valence-corrected chi connectivity index (χ3v) is 5.37.